The predicted octanol–water partition coefficient (Wildman–Crippen LogP) is 6.91. The van der Waals surface area contributed by atoms with Crippen LogP contribution >= 0.6 is 22.7 Å². The van der Waals surface area contributed by atoms with Crippen LogP contribution in [0.1, 0.15) is 113 Å². The number of fused-ring (bicyclic) bond motifs is 6. The second-order valence-corrected chi connectivity index (χ2v) is 25.9. The Morgan fingerprint density at radius 1 is 0.762 bits per heavy atom. The van der Waals surface area contributed by atoms with Crippen molar-refractivity contribution in [3.05, 3.63) is 78.2 Å². The standard InChI is InChI=1S/C25H36N6O2SSi.C19H22N6O2S/c1-15-14-34-18(28-15)11-17(32)21-19-22(20-16(12-25(19,5)6)13-27-23(26)29-20)31(30-21)9-10-33-35(7,8)24(2,3)4;1-10-9-28-13(22-10)6-12(27)16-14-17(25(24-16)4-5-26)15-11(7-19(14,2)3)8-21-18(20)23-15/h13-14H,9-12H2,1-8H3,(H2,26,27,29);8-9,26H,4-7H2,1-3H3,(H2,20,21,23). The molecule has 6 heterocycles. The number of aromatic nitrogens is 10. The van der Waals surface area contributed by atoms with Gasteiger partial charge < -0.3 is 21.0 Å². The molecule has 19 heteroatoms. The smallest absolute Gasteiger partial charge is 0.220 e. The van der Waals surface area contributed by atoms with E-state index in [4.69, 9.17) is 21.0 Å². The number of hydrogen-bond donors (Lipinski definition) is 3. The van der Waals surface area contributed by atoms with Gasteiger partial charge in [-0.3, -0.25) is 19.0 Å². The van der Waals surface area contributed by atoms with E-state index in [0.717, 1.165) is 60.7 Å². The molecule has 16 nitrogen and oxygen atoms in total. The highest BCUT2D eigenvalue weighted by Crippen LogP contribution is 2.46. The van der Waals surface area contributed by atoms with Crippen molar-refractivity contribution >= 4 is 54.5 Å². The third kappa shape index (κ3) is 9.29. The number of ketones is 2. The maximum atomic E-state index is 13.5. The number of rotatable bonds is 12. The van der Waals surface area contributed by atoms with Gasteiger partial charge >= 0.3 is 0 Å². The number of nitrogens with zero attached hydrogens (tertiary/aromatic N) is 10. The molecule has 0 aromatic carbocycles. The Hall–Kier alpha value is -5.08. The summed E-state index contributed by atoms with van der Waals surface area (Å²) in [6, 6.07) is 0. The topological polar surface area (TPSA) is 229 Å². The van der Waals surface area contributed by atoms with Crippen LogP contribution in [0, 0.1) is 13.8 Å². The first-order valence-corrected chi connectivity index (χ1v) is 25.8. The van der Waals surface area contributed by atoms with E-state index in [1.54, 1.807) is 17.1 Å². The minimum absolute atomic E-state index is 0.0294. The number of anilines is 2. The molecular weight excluding hydrogens is 853 g/mol. The second-order valence-electron chi connectivity index (χ2n) is 19.2. The quantitative estimate of drug-likeness (QED) is 0.0838. The van der Waals surface area contributed by atoms with E-state index in [1.807, 2.05) is 29.3 Å². The summed E-state index contributed by atoms with van der Waals surface area (Å²) < 4.78 is 10.0. The van der Waals surface area contributed by atoms with Gasteiger partial charge in [0.15, 0.2) is 19.9 Å². The Morgan fingerprint density at radius 3 is 1.57 bits per heavy atom. The van der Waals surface area contributed by atoms with Crippen molar-refractivity contribution < 1.29 is 19.1 Å². The van der Waals surface area contributed by atoms with Crippen LogP contribution < -0.4 is 11.5 Å². The second kappa shape index (κ2) is 17.1. The zero-order chi connectivity index (χ0) is 45.8. The zero-order valence-corrected chi connectivity index (χ0v) is 40.7. The minimum Gasteiger partial charge on any atom is -0.415 e. The van der Waals surface area contributed by atoms with Crippen molar-refractivity contribution in [1.29, 1.82) is 0 Å². The summed E-state index contributed by atoms with van der Waals surface area (Å²) in [6.45, 7) is 24.7. The number of carbonyl (C=O) groups excluding carboxylic acids is 2. The van der Waals surface area contributed by atoms with Crippen molar-refractivity contribution in [2.45, 2.75) is 130 Å². The third-order valence-electron chi connectivity index (χ3n) is 12.1. The van der Waals surface area contributed by atoms with Gasteiger partial charge in [-0.1, -0.05) is 48.5 Å². The van der Waals surface area contributed by atoms with Crippen LogP contribution in [-0.4, -0.2) is 87.7 Å². The number of nitrogen functional groups attached to an aromatic ring is 2. The summed E-state index contributed by atoms with van der Waals surface area (Å²) in [4.78, 5) is 53.0. The lowest BCUT2D eigenvalue weighted by molar-refractivity contribution is 0.0977. The maximum absolute atomic E-state index is 13.5. The molecule has 5 N–H and O–H groups in total. The normalized spacial score (nSPS) is 14.9. The fourth-order valence-electron chi connectivity index (χ4n) is 8.15. The first-order valence-electron chi connectivity index (χ1n) is 21.1. The number of hydrogen-bond acceptors (Lipinski definition) is 16. The molecule has 0 unspecified atom stereocenters. The largest absolute Gasteiger partial charge is 0.415 e. The average Bonchev–Trinajstić information content (AvgIpc) is 3.98. The number of thiazole rings is 2. The van der Waals surface area contributed by atoms with Gasteiger partial charge in [0, 0.05) is 45.7 Å². The van der Waals surface area contributed by atoms with Crippen LogP contribution in [-0.2, 0) is 54.0 Å². The number of aliphatic hydroxyl groups excluding tert-OH is 1. The molecule has 0 radical (unpaired) electrons. The summed E-state index contributed by atoms with van der Waals surface area (Å²) in [6.07, 6.45) is 5.35. The van der Waals surface area contributed by atoms with Gasteiger partial charge in [-0.25, -0.2) is 29.9 Å². The van der Waals surface area contributed by atoms with Crippen LogP contribution in [0.4, 0.5) is 11.9 Å². The molecule has 6 aromatic heterocycles. The monoisotopic (exact) mass is 910 g/mol. The van der Waals surface area contributed by atoms with Crippen molar-refractivity contribution in [2.24, 2.45) is 0 Å². The summed E-state index contributed by atoms with van der Waals surface area (Å²) in [7, 11) is -1.93. The van der Waals surface area contributed by atoms with Gasteiger partial charge in [0.1, 0.15) is 21.4 Å². The van der Waals surface area contributed by atoms with Gasteiger partial charge in [-0.05, 0) is 66.8 Å². The molecule has 0 amide bonds. The Bertz CT molecular complexity index is 2710. The van der Waals surface area contributed by atoms with E-state index in [9.17, 15) is 14.7 Å². The number of aryl methyl sites for hydroxylation is 2. The summed E-state index contributed by atoms with van der Waals surface area (Å²) in [5.41, 5.74) is 20.7. The SMILES string of the molecule is Cc1csc(CC(=O)c2nn(CCO)c3c2C(C)(C)Cc2cnc(N)nc2-3)n1.Cc1csc(CC(=O)c2nn(CCO[Si](C)(C)C(C)(C)C)c3c2C(C)(C)Cc2cnc(N)nc2-3)n1. The Labute approximate surface area is 377 Å². The molecule has 0 fully saturated rings. The molecule has 0 bridgehead atoms. The van der Waals surface area contributed by atoms with Crippen LogP contribution in [0.2, 0.25) is 18.1 Å². The van der Waals surface area contributed by atoms with Gasteiger partial charge in [0.05, 0.1) is 61.9 Å². The molecular formula is C44H58N12O4S2Si. The van der Waals surface area contributed by atoms with Crippen molar-refractivity contribution in [2.75, 3.05) is 24.7 Å². The lowest BCUT2D eigenvalue weighted by Crippen LogP contribution is -2.41. The summed E-state index contributed by atoms with van der Waals surface area (Å²) in [5.74, 6) is 0.275. The van der Waals surface area contributed by atoms with Crippen molar-refractivity contribution in [3.63, 3.8) is 0 Å². The Morgan fingerprint density at radius 2 is 1.19 bits per heavy atom. The van der Waals surface area contributed by atoms with Crippen LogP contribution in [0.5, 0.6) is 0 Å². The fourth-order valence-corrected chi connectivity index (χ4v) is 10.7. The van der Waals surface area contributed by atoms with Crippen LogP contribution in [0.15, 0.2) is 23.2 Å². The third-order valence-corrected chi connectivity index (χ3v) is 18.6. The van der Waals surface area contributed by atoms with Gasteiger partial charge in [-0.15, -0.1) is 22.7 Å². The predicted molar refractivity (Wildman–Crippen MR) is 249 cm³/mol. The Balaban J connectivity index is 0.000000193. The minimum atomic E-state index is -1.93. The molecule has 8 rings (SSSR count). The number of carbonyl (C=O) groups is 2. The highest BCUT2D eigenvalue weighted by atomic mass is 32.1. The lowest BCUT2D eigenvalue weighted by Gasteiger charge is -2.36. The average molecular weight is 911 g/mol. The molecule has 0 spiro atoms. The van der Waals surface area contributed by atoms with E-state index < -0.39 is 8.32 Å². The van der Waals surface area contributed by atoms with E-state index in [2.05, 4.69) is 96.6 Å². The molecule has 6 aromatic rings. The first-order chi connectivity index (χ1) is 29.5. The van der Waals surface area contributed by atoms with Crippen molar-refractivity contribution in [3.8, 4) is 22.8 Å². The molecule has 0 saturated carbocycles. The van der Waals surface area contributed by atoms with E-state index in [1.165, 1.54) is 22.7 Å². The highest BCUT2D eigenvalue weighted by molar-refractivity contribution is 7.10. The molecule has 2 aliphatic carbocycles. The van der Waals surface area contributed by atoms with Gasteiger partial charge in [0.25, 0.3) is 0 Å². The van der Waals surface area contributed by atoms with Crippen LogP contribution in [0.25, 0.3) is 22.8 Å². The fraction of sp³-hybridized carbons (Fsp3) is 0.500. The number of nitrogens with two attached hydrogens (primary N) is 2. The first kappa shape index (κ1) is 45.9. The molecule has 334 valence electrons. The molecule has 0 aliphatic heterocycles. The number of aliphatic hydroxyl groups is 1. The lowest BCUT2D eigenvalue weighted by atomic mass is 9.72. The summed E-state index contributed by atoms with van der Waals surface area (Å²) in [5, 5.41) is 24.6. The zero-order valence-electron chi connectivity index (χ0n) is 38.1. The molecule has 2 aliphatic rings. The van der Waals surface area contributed by atoms with E-state index >= 15 is 0 Å². The van der Waals surface area contributed by atoms with E-state index in [0.29, 0.717) is 43.1 Å². The molecule has 63 heavy (non-hydrogen) atoms. The van der Waals surface area contributed by atoms with Crippen molar-refractivity contribution in [1.82, 2.24) is 49.5 Å². The van der Waals surface area contributed by atoms with Gasteiger partial charge in [0.2, 0.25) is 11.9 Å². The maximum Gasteiger partial charge on any atom is 0.220 e. The van der Waals surface area contributed by atoms with Crippen LogP contribution in [0.3, 0.4) is 0 Å². The Kier molecular flexibility index (Phi) is 12.5. The summed E-state index contributed by atoms with van der Waals surface area (Å²) >= 11 is 2.98. The molecule has 0 saturated heterocycles. The highest BCUT2D eigenvalue weighted by Gasteiger charge is 2.42. The van der Waals surface area contributed by atoms with E-state index in [-0.39, 0.29) is 65.3 Å². The molecule has 0 atom stereocenters. The van der Waals surface area contributed by atoms with Gasteiger partial charge in [-0.2, -0.15) is 10.2 Å². The number of Topliss-reactive ketones (excluding diaryl/α,β-unsaturated/α-hetero) is 2.